The lowest BCUT2D eigenvalue weighted by Crippen LogP contribution is -2.28. The molecule has 0 saturated heterocycles. The SMILES string of the molecule is CCn1c(SCC(=O)c2cn(C)c3ccccc23)nnc1[C@@H](C)NC(=O)c1ccccc1. The molecule has 0 saturated carbocycles. The number of amides is 1. The van der Waals surface area contributed by atoms with Gasteiger partial charge in [-0.15, -0.1) is 10.2 Å². The van der Waals surface area contributed by atoms with Gasteiger partial charge in [0.2, 0.25) is 0 Å². The summed E-state index contributed by atoms with van der Waals surface area (Å²) in [6.07, 6.45) is 1.88. The molecule has 0 aliphatic rings. The minimum atomic E-state index is -0.321. The monoisotopic (exact) mass is 447 g/mol. The van der Waals surface area contributed by atoms with Crippen molar-refractivity contribution in [3.63, 3.8) is 0 Å². The molecule has 4 aromatic rings. The number of benzene rings is 2. The minimum absolute atomic E-state index is 0.0458. The van der Waals surface area contributed by atoms with E-state index in [1.807, 2.05) is 78.7 Å². The largest absolute Gasteiger partial charge is 0.350 e. The second kappa shape index (κ2) is 9.40. The zero-order chi connectivity index (χ0) is 22.7. The number of carbonyl (C=O) groups excluding carboxylic acids is 2. The second-order valence-corrected chi connectivity index (χ2v) is 8.47. The molecule has 1 amide bonds. The van der Waals surface area contributed by atoms with Crippen LogP contribution >= 0.6 is 11.8 Å². The lowest BCUT2D eigenvalue weighted by atomic mass is 10.1. The van der Waals surface area contributed by atoms with E-state index in [9.17, 15) is 9.59 Å². The molecule has 0 aliphatic heterocycles. The normalized spacial score (nSPS) is 12.1. The van der Waals surface area contributed by atoms with Gasteiger partial charge >= 0.3 is 0 Å². The number of nitrogens with one attached hydrogen (secondary N) is 1. The van der Waals surface area contributed by atoms with Crippen LogP contribution in [-0.2, 0) is 13.6 Å². The first-order valence-corrected chi connectivity index (χ1v) is 11.5. The summed E-state index contributed by atoms with van der Waals surface area (Å²) in [5, 5.41) is 13.2. The van der Waals surface area contributed by atoms with E-state index in [0.717, 1.165) is 10.9 Å². The van der Waals surface area contributed by atoms with Crippen molar-refractivity contribution >= 4 is 34.4 Å². The molecule has 0 unspecified atom stereocenters. The fraction of sp³-hybridized carbons (Fsp3) is 0.250. The van der Waals surface area contributed by atoms with Crippen molar-refractivity contribution in [2.24, 2.45) is 7.05 Å². The maximum atomic E-state index is 12.9. The standard InChI is InChI=1S/C24H25N5O2S/c1-4-29-22(16(2)25-23(31)17-10-6-5-7-11-17)26-27-24(29)32-15-21(30)19-14-28(3)20-13-9-8-12-18(19)20/h5-14,16H,4,15H2,1-3H3,(H,25,31)/t16-/m1/s1. The molecule has 8 heteroatoms. The Morgan fingerprint density at radius 3 is 2.53 bits per heavy atom. The number of aryl methyl sites for hydroxylation is 1. The van der Waals surface area contributed by atoms with Crippen molar-refractivity contribution in [2.75, 3.05) is 5.75 Å². The smallest absolute Gasteiger partial charge is 0.251 e. The Kier molecular flexibility index (Phi) is 6.41. The quantitative estimate of drug-likeness (QED) is 0.322. The molecule has 2 aromatic carbocycles. The molecule has 7 nitrogen and oxygen atoms in total. The first kappa shape index (κ1) is 21.8. The Bertz CT molecular complexity index is 1260. The molecule has 0 bridgehead atoms. The van der Waals surface area contributed by atoms with Crippen LogP contribution in [-0.4, -0.2) is 36.8 Å². The molecule has 32 heavy (non-hydrogen) atoms. The molecule has 2 aromatic heterocycles. The summed E-state index contributed by atoms with van der Waals surface area (Å²) in [4.78, 5) is 25.4. The van der Waals surface area contributed by atoms with Crippen LogP contribution in [0.4, 0.5) is 0 Å². The van der Waals surface area contributed by atoms with Crippen LogP contribution in [0.1, 0.15) is 46.4 Å². The number of ketones is 1. The number of fused-ring (bicyclic) bond motifs is 1. The van der Waals surface area contributed by atoms with E-state index >= 15 is 0 Å². The number of hydrogen-bond acceptors (Lipinski definition) is 5. The van der Waals surface area contributed by atoms with Gasteiger partial charge in [-0.1, -0.05) is 48.2 Å². The summed E-state index contributed by atoms with van der Waals surface area (Å²) in [7, 11) is 1.94. The zero-order valence-corrected chi connectivity index (χ0v) is 19.1. The highest BCUT2D eigenvalue weighted by molar-refractivity contribution is 7.99. The first-order valence-electron chi connectivity index (χ1n) is 10.5. The van der Waals surface area contributed by atoms with E-state index in [-0.39, 0.29) is 23.5 Å². The van der Waals surface area contributed by atoms with E-state index in [1.165, 1.54) is 11.8 Å². The highest BCUT2D eigenvalue weighted by Crippen LogP contribution is 2.25. The molecule has 0 radical (unpaired) electrons. The van der Waals surface area contributed by atoms with Crippen LogP contribution in [0, 0.1) is 0 Å². The lowest BCUT2D eigenvalue weighted by molar-refractivity contribution is 0.0936. The minimum Gasteiger partial charge on any atom is -0.350 e. The molecule has 0 aliphatic carbocycles. The van der Waals surface area contributed by atoms with Crippen LogP contribution in [0.5, 0.6) is 0 Å². The van der Waals surface area contributed by atoms with E-state index in [4.69, 9.17) is 0 Å². The van der Waals surface area contributed by atoms with Crippen LogP contribution < -0.4 is 5.32 Å². The molecular formula is C24H25N5O2S. The maximum absolute atomic E-state index is 12.9. The Morgan fingerprint density at radius 1 is 1.06 bits per heavy atom. The van der Waals surface area contributed by atoms with Gasteiger partial charge < -0.3 is 14.5 Å². The highest BCUT2D eigenvalue weighted by Gasteiger charge is 2.21. The van der Waals surface area contributed by atoms with Gasteiger partial charge in [0.25, 0.3) is 5.91 Å². The van der Waals surface area contributed by atoms with Crippen LogP contribution in [0.15, 0.2) is 66.0 Å². The third kappa shape index (κ3) is 4.31. The molecule has 1 atom stereocenters. The van der Waals surface area contributed by atoms with Crippen LogP contribution in [0.2, 0.25) is 0 Å². The summed E-state index contributed by atoms with van der Waals surface area (Å²) in [5.41, 5.74) is 2.34. The molecular weight excluding hydrogens is 422 g/mol. The van der Waals surface area contributed by atoms with Gasteiger partial charge in [-0.3, -0.25) is 9.59 Å². The van der Waals surface area contributed by atoms with Gasteiger partial charge in [-0.2, -0.15) is 0 Å². The van der Waals surface area contributed by atoms with E-state index in [0.29, 0.717) is 28.7 Å². The fourth-order valence-electron chi connectivity index (χ4n) is 3.73. The molecule has 2 heterocycles. The van der Waals surface area contributed by atoms with Crippen molar-refractivity contribution < 1.29 is 9.59 Å². The number of aromatic nitrogens is 4. The second-order valence-electron chi connectivity index (χ2n) is 7.53. The van der Waals surface area contributed by atoms with Gasteiger partial charge in [0.1, 0.15) is 0 Å². The van der Waals surface area contributed by atoms with Crippen LogP contribution in [0.3, 0.4) is 0 Å². The van der Waals surface area contributed by atoms with E-state index < -0.39 is 0 Å². The number of para-hydroxylation sites is 1. The van der Waals surface area contributed by atoms with Gasteiger partial charge in [0.15, 0.2) is 16.8 Å². The summed E-state index contributed by atoms with van der Waals surface area (Å²) in [6.45, 7) is 4.51. The molecule has 0 spiro atoms. The number of hydrogen-bond donors (Lipinski definition) is 1. The van der Waals surface area contributed by atoms with Crippen molar-refractivity contribution in [1.82, 2.24) is 24.6 Å². The summed E-state index contributed by atoms with van der Waals surface area (Å²) in [6, 6.07) is 16.6. The van der Waals surface area contributed by atoms with Gasteiger partial charge in [-0.05, 0) is 32.0 Å². The van der Waals surface area contributed by atoms with Crippen molar-refractivity contribution in [2.45, 2.75) is 31.6 Å². The Balaban J connectivity index is 1.47. The Morgan fingerprint density at radius 2 is 1.78 bits per heavy atom. The Hall–Kier alpha value is -3.39. The molecule has 4 rings (SSSR count). The van der Waals surface area contributed by atoms with Gasteiger partial charge in [-0.25, -0.2) is 0 Å². The summed E-state index contributed by atoms with van der Waals surface area (Å²) < 4.78 is 3.91. The third-order valence-corrected chi connectivity index (χ3v) is 6.33. The predicted molar refractivity (Wildman–Crippen MR) is 126 cm³/mol. The molecule has 164 valence electrons. The number of thioether (sulfide) groups is 1. The third-order valence-electron chi connectivity index (χ3n) is 5.36. The summed E-state index contributed by atoms with van der Waals surface area (Å²) in [5.74, 6) is 0.807. The molecule has 1 N–H and O–H groups in total. The number of rotatable bonds is 8. The van der Waals surface area contributed by atoms with Gasteiger partial charge in [0, 0.05) is 41.8 Å². The summed E-state index contributed by atoms with van der Waals surface area (Å²) >= 11 is 1.36. The lowest BCUT2D eigenvalue weighted by Gasteiger charge is -2.15. The van der Waals surface area contributed by atoms with Crippen molar-refractivity contribution in [1.29, 1.82) is 0 Å². The van der Waals surface area contributed by atoms with Crippen molar-refractivity contribution in [3.8, 4) is 0 Å². The van der Waals surface area contributed by atoms with Crippen LogP contribution in [0.25, 0.3) is 10.9 Å². The van der Waals surface area contributed by atoms with Crippen molar-refractivity contribution in [3.05, 3.63) is 77.7 Å². The Labute approximate surface area is 190 Å². The average molecular weight is 448 g/mol. The van der Waals surface area contributed by atoms with E-state index in [2.05, 4.69) is 15.5 Å². The highest BCUT2D eigenvalue weighted by atomic mass is 32.2. The van der Waals surface area contributed by atoms with E-state index in [1.54, 1.807) is 12.1 Å². The fourth-order valence-corrected chi connectivity index (χ4v) is 4.62. The predicted octanol–water partition coefficient (Wildman–Crippen LogP) is 4.26. The maximum Gasteiger partial charge on any atom is 0.251 e. The number of nitrogens with zero attached hydrogens (tertiary/aromatic N) is 4. The first-order chi connectivity index (χ1) is 15.5. The number of carbonyl (C=O) groups is 2. The van der Waals surface area contributed by atoms with Gasteiger partial charge in [0.05, 0.1) is 11.8 Å². The topological polar surface area (TPSA) is 81.8 Å². The average Bonchev–Trinajstić information content (AvgIpc) is 3.39. The molecule has 0 fully saturated rings. The zero-order valence-electron chi connectivity index (χ0n) is 18.3. The number of Topliss-reactive ketones (excluding diaryl/α,β-unsaturated/α-hetero) is 1.